The van der Waals surface area contributed by atoms with Crippen LogP contribution in [0.25, 0.3) is 5.57 Å². The summed E-state index contributed by atoms with van der Waals surface area (Å²) < 4.78 is 0. The number of benzene rings is 2. The maximum atomic E-state index is 3.61. The standard InChI is InChI=1S/C24H30N2/c1-3-23(19-11-13-25-14-12-19)24-10-9-21(15-17(24)2)26-22-8-7-18-5-4-6-20(18)16-22/h3,7-10,15-16,19,25-26H,4-6,11-14H2,1-2H3. The minimum absolute atomic E-state index is 0.690. The third kappa shape index (κ3) is 3.57. The minimum atomic E-state index is 0.690. The highest BCUT2D eigenvalue weighted by molar-refractivity contribution is 5.73. The Hall–Kier alpha value is -2.06. The van der Waals surface area contributed by atoms with Gasteiger partial charge in [0.2, 0.25) is 0 Å². The van der Waals surface area contributed by atoms with Crippen molar-refractivity contribution >= 4 is 16.9 Å². The molecule has 2 heteroatoms. The van der Waals surface area contributed by atoms with E-state index in [2.05, 4.69) is 67.0 Å². The van der Waals surface area contributed by atoms with Crippen LogP contribution in [0.3, 0.4) is 0 Å². The van der Waals surface area contributed by atoms with Crippen molar-refractivity contribution in [1.82, 2.24) is 5.32 Å². The van der Waals surface area contributed by atoms with Gasteiger partial charge in [0.1, 0.15) is 0 Å². The molecule has 0 aromatic heterocycles. The molecule has 0 saturated carbocycles. The van der Waals surface area contributed by atoms with Crippen LogP contribution in [0, 0.1) is 12.8 Å². The molecule has 0 bridgehead atoms. The number of hydrogen-bond acceptors (Lipinski definition) is 2. The van der Waals surface area contributed by atoms with Gasteiger partial charge >= 0.3 is 0 Å². The molecule has 2 N–H and O–H groups in total. The van der Waals surface area contributed by atoms with Crippen LogP contribution in [-0.4, -0.2) is 13.1 Å². The maximum absolute atomic E-state index is 3.61. The van der Waals surface area contributed by atoms with Crippen LogP contribution in [0.15, 0.2) is 42.5 Å². The first-order valence-corrected chi connectivity index (χ1v) is 10.1. The van der Waals surface area contributed by atoms with Crippen molar-refractivity contribution in [2.24, 2.45) is 5.92 Å². The van der Waals surface area contributed by atoms with Gasteiger partial charge in [0.25, 0.3) is 0 Å². The van der Waals surface area contributed by atoms with Crippen molar-refractivity contribution in [2.45, 2.75) is 46.0 Å². The van der Waals surface area contributed by atoms with E-state index < -0.39 is 0 Å². The first-order chi connectivity index (χ1) is 12.7. The molecule has 1 aliphatic heterocycles. The summed E-state index contributed by atoms with van der Waals surface area (Å²) in [5, 5.41) is 7.09. The number of nitrogens with one attached hydrogen (secondary N) is 2. The summed E-state index contributed by atoms with van der Waals surface area (Å²) in [7, 11) is 0. The molecular weight excluding hydrogens is 316 g/mol. The summed E-state index contributed by atoms with van der Waals surface area (Å²) in [6.07, 6.45) is 8.58. The van der Waals surface area contributed by atoms with E-state index in [1.54, 1.807) is 0 Å². The van der Waals surface area contributed by atoms with Gasteiger partial charge in [-0.1, -0.05) is 18.2 Å². The van der Waals surface area contributed by atoms with Crippen LogP contribution in [-0.2, 0) is 12.8 Å². The fourth-order valence-electron chi connectivity index (χ4n) is 4.63. The topological polar surface area (TPSA) is 24.1 Å². The van der Waals surface area contributed by atoms with E-state index in [1.165, 1.54) is 71.3 Å². The van der Waals surface area contributed by atoms with Crippen molar-refractivity contribution in [1.29, 1.82) is 0 Å². The van der Waals surface area contributed by atoms with Gasteiger partial charge in [-0.05, 0) is 117 Å². The Balaban J connectivity index is 1.53. The number of allylic oxidation sites excluding steroid dienone is 2. The highest BCUT2D eigenvalue weighted by atomic mass is 14.9. The Labute approximate surface area is 157 Å². The molecule has 1 aliphatic carbocycles. The van der Waals surface area contributed by atoms with Crippen LogP contribution < -0.4 is 10.6 Å². The first kappa shape index (κ1) is 17.4. The Morgan fingerprint density at radius 1 is 1.00 bits per heavy atom. The monoisotopic (exact) mass is 346 g/mol. The van der Waals surface area contributed by atoms with Crippen molar-refractivity contribution in [3.63, 3.8) is 0 Å². The fourth-order valence-corrected chi connectivity index (χ4v) is 4.63. The van der Waals surface area contributed by atoms with Crippen LogP contribution in [0.5, 0.6) is 0 Å². The summed E-state index contributed by atoms with van der Waals surface area (Å²) in [4.78, 5) is 0. The molecule has 2 aromatic rings. The van der Waals surface area contributed by atoms with E-state index in [9.17, 15) is 0 Å². The molecule has 2 nitrogen and oxygen atoms in total. The molecule has 0 amide bonds. The molecule has 4 rings (SSSR count). The zero-order valence-electron chi connectivity index (χ0n) is 16.1. The highest BCUT2D eigenvalue weighted by Crippen LogP contribution is 2.34. The van der Waals surface area contributed by atoms with Crippen LogP contribution in [0.2, 0.25) is 0 Å². The molecule has 2 aromatic carbocycles. The van der Waals surface area contributed by atoms with Crippen molar-refractivity contribution in [3.05, 3.63) is 64.7 Å². The zero-order valence-corrected chi connectivity index (χ0v) is 16.1. The largest absolute Gasteiger partial charge is 0.356 e. The van der Waals surface area contributed by atoms with Gasteiger partial charge in [-0.15, -0.1) is 0 Å². The second-order valence-corrected chi connectivity index (χ2v) is 7.76. The molecule has 136 valence electrons. The van der Waals surface area contributed by atoms with Crippen LogP contribution in [0.4, 0.5) is 11.4 Å². The van der Waals surface area contributed by atoms with E-state index in [1.807, 2.05) is 0 Å². The summed E-state index contributed by atoms with van der Waals surface area (Å²) in [6.45, 7) is 6.71. The molecule has 1 saturated heterocycles. The van der Waals surface area contributed by atoms with Crippen LogP contribution >= 0.6 is 0 Å². The number of aryl methyl sites for hydroxylation is 3. The molecular formula is C24H30N2. The molecule has 1 fully saturated rings. The number of anilines is 2. The Morgan fingerprint density at radius 2 is 1.73 bits per heavy atom. The summed E-state index contributed by atoms with van der Waals surface area (Å²) in [6, 6.07) is 13.7. The Bertz CT molecular complexity index is 813. The SMILES string of the molecule is CC=C(c1ccc(Nc2ccc3c(c2)CCC3)cc1C)C1CCNCC1. The molecule has 26 heavy (non-hydrogen) atoms. The van der Waals surface area contributed by atoms with E-state index in [-0.39, 0.29) is 0 Å². The summed E-state index contributed by atoms with van der Waals surface area (Å²) in [5.41, 5.74) is 9.74. The van der Waals surface area contributed by atoms with Crippen molar-refractivity contribution in [3.8, 4) is 0 Å². The molecule has 0 atom stereocenters. The lowest BCUT2D eigenvalue weighted by Gasteiger charge is -2.26. The lowest BCUT2D eigenvalue weighted by Crippen LogP contribution is -2.28. The average molecular weight is 347 g/mol. The van der Waals surface area contributed by atoms with Gasteiger partial charge < -0.3 is 10.6 Å². The molecule has 0 unspecified atom stereocenters. The Morgan fingerprint density at radius 3 is 2.50 bits per heavy atom. The van der Waals surface area contributed by atoms with Gasteiger partial charge in [-0.3, -0.25) is 0 Å². The van der Waals surface area contributed by atoms with E-state index >= 15 is 0 Å². The lowest BCUT2D eigenvalue weighted by molar-refractivity contribution is 0.446. The number of rotatable bonds is 4. The number of piperidine rings is 1. The van der Waals surface area contributed by atoms with Gasteiger partial charge in [0, 0.05) is 11.4 Å². The number of fused-ring (bicyclic) bond motifs is 1. The van der Waals surface area contributed by atoms with Crippen LogP contribution in [0.1, 0.15) is 48.4 Å². The van der Waals surface area contributed by atoms with Gasteiger partial charge in [-0.2, -0.15) is 0 Å². The highest BCUT2D eigenvalue weighted by Gasteiger charge is 2.19. The van der Waals surface area contributed by atoms with E-state index in [0.717, 1.165) is 13.1 Å². The van der Waals surface area contributed by atoms with E-state index in [4.69, 9.17) is 0 Å². The smallest absolute Gasteiger partial charge is 0.0387 e. The second kappa shape index (κ2) is 7.67. The number of hydrogen-bond donors (Lipinski definition) is 2. The third-order valence-corrected chi connectivity index (χ3v) is 6.01. The first-order valence-electron chi connectivity index (χ1n) is 10.1. The third-order valence-electron chi connectivity index (χ3n) is 6.01. The minimum Gasteiger partial charge on any atom is -0.356 e. The summed E-state index contributed by atoms with van der Waals surface area (Å²) in [5.74, 6) is 0.690. The van der Waals surface area contributed by atoms with Gasteiger partial charge in [0.15, 0.2) is 0 Å². The van der Waals surface area contributed by atoms with Gasteiger partial charge in [0.05, 0.1) is 0 Å². The average Bonchev–Trinajstić information content (AvgIpc) is 3.13. The fraction of sp³-hybridized carbons (Fsp3) is 0.417. The lowest BCUT2D eigenvalue weighted by atomic mass is 9.84. The van der Waals surface area contributed by atoms with Crippen molar-refractivity contribution in [2.75, 3.05) is 18.4 Å². The molecule has 1 heterocycles. The van der Waals surface area contributed by atoms with Gasteiger partial charge in [-0.25, -0.2) is 0 Å². The predicted octanol–water partition coefficient (Wildman–Crippen LogP) is 5.63. The molecule has 2 aliphatic rings. The quantitative estimate of drug-likeness (QED) is 0.749. The zero-order chi connectivity index (χ0) is 17.9. The predicted molar refractivity (Wildman–Crippen MR) is 112 cm³/mol. The van der Waals surface area contributed by atoms with E-state index in [0.29, 0.717) is 5.92 Å². The normalized spacial score (nSPS) is 18.0. The Kier molecular flexibility index (Phi) is 5.12. The molecule has 0 spiro atoms. The second-order valence-electron chi connectivity index (χ2n) is 7.76. The maximum Gasteiger partial charge on any atom is 0.0387 e. The van der Waals surface area contributed by atoms with Crippen molar-refractivity contribution < 1.29 is 0 Å². The summed E-state index contributed by atoms with van der Waals surface area (Å²) >= 11 is 0. The molecule has 0 radical (unpaired) electrons.